The van der Waals surface area contributed by atoms with E-state index in [0.29, 0.717) is 5.69 Å². The molecule has 3 aromatic rings. The van der Waals surface area contributed by atoms with Gasteiger partial charge in [0.1, 0.15) is 0 Å². The van der Waals surface area contributed by atoms with E-state index in [0.717, 1.165) is 11.0 Å². The van der Waals surface area contributed by atoms with Gasteiger partial charge in [0.2, 0.25) is 0 Å². The minimum absolute atomic E-state index is 0.237. The van der Waals surface area contributed by atoms with Crippen LogP contribution in [-0.2, 0) is 17.1 Å². The van der Waals surface area contributed by atoms with Crippen LogP contribution in [0.2, 0.25) is 0 Å². The second-order valence-corrected chi connectivity index (χ2v) is 6.16. The third-order valence-corrected chi connectivity index (χ3v) is 4.43. The van der Waals surface area contributed by atoms with Crippen molar-refractivity contribution in [3.05, 3.63) is 54.9 Å². The number of aromatic nitrogens is 2. The highest BCUT2D eigenvalue weighted by Crippen LogP contribution is 2.20. The fraction of sp³-hybridized carbons (Fsp3) is 0.0714. The lowest BCUT2D eigenvalue weighted by Gasteiger charge is -2.08. The van der Waals surface area contributed by atoms with E-state index in [9.17, 15) is 8.42 Å². The molecule has 0 bridgehead atoms. The standard InChI is InChI=1S/C14H13N3O2S/c1-17-10-15-13-9-11(7-8-14(13)17)16-20(18,19)12-5-3-2-4-6-12/h2-10,16H,1H3. The zero-order valence-electron chi connectivity index (χ0n) is 10.8. The number of anilines is 1. The first-order valence-corrected chi connectivity index (χ1v) is 7.53. The average molecular weight is 287 g/mol. The number of rotatable bonds is 3. The predicted octanol–water partition coefficient (Wildman–Crippen LogP) is 2.37. The molecule has 20 heavy (non-hydrogen) atoms. The molecule has 0 aliphatic heterocycles. The molecule has 2 aromatic carbocycles. The van der Waals surface area contributed by atoms with Crippen LogP contribution < -0.4 is 4.72 Å². The Bertz CT molecular complexity index is 855. The Labute approximate surface area is 116 Å². The molecule has 0 aliphatic rings. The van der Waals surface area contributed by atoms with E-state index >= 15 is 0 Å². The van der Waals surface area contributed by atoms with Crippen molar-refractivity contribution >= 4 is 26.7 Å². The fourth-order valence-corrected chi connectivity index (χ4v) is 3.08. The third-order valence-electron chi connectivity index (χ3n) is 3.03. The smallest absolute Gasteiger partial charge is 0.261 e. The SMILES string of the molecule is Cn1cnc2cc(NS(=O)(=O)c3ccccc3)ccc21. The summed E-state index contributed by atoms with van der Waals surface area (Å²) in [6, 6.07) is 13.6. The van der Waals surface area contributed by atoms with Crippen LogP contribution in [0.25, 0.3) is 11.0 Å². The summed E-state index contributed by atoms with van der Waals surface area (Å²) < 4.78 is 28.9. The number of aryl methyl sites for hydroxylation is 1. The first kappa shape index (κ1) is 12.7. The van der Waals surface area contributed by atoms with E-state index in [1.54, 1.807) is 48.8 Å². The summed E-state index contributed by atoms with van der Waals surface area (Å²) in [6.45, 7) is 0. The Hall–Kier alpha value is -2.34. The average Bonchev–Trinajstić information content (AvgIpc) is 2.80. The van der Waals surface area contributed by atoms with Crippen LogP contribution in [0, 0.1) is 0 Å². The maximum atomic E-state index is 12.2. The molecule has 0 spiro atoms. The second kappa shape index (κ2) is 4.64. The minimum Gasteiger partial charge on any atom is -0.334 e. The number of hydrogen-bond acceptors (Lipinski definition) is 3. The van der Waals surface area contributed by atoms with Gasteiger partial charge in [0.15, 0.2) is 0 Å². The summed E-state index contributed by atoms with van der Waals surface area (Å²) in [7, 11) is -1.67. The van der Waals surface area contributed by atoms with Gasteiger partial charge in [-0.2, -0.15) is 0 Å². The van der Waals surface area contributed by atoms with Gasteiger partial charge in [-0.3, -0.25) is 4.72 Å². The Morgan fingerprint density at radius 2 is 1.85 bits per heavy atom. The van der Waals surface area contributed by atoms with Gasteiger partial charge in [0, 0.05) is 7.05 Å². The lowest BCUT2D eigenvalue weighted by molar-refractivity contribution is 0.601. The highest BCUT2D eigenvalue weighted by molar-refractivity contribution is 7.92. The lowest BCUT2D eigenvalue weighted by atomic mass is 10.3. The van der Waals surface area contributed by atoms with Crippen LogP contribution in [-0.4, -0.2) is 18.0 Å². The first-order valence-electron chi connectivity index (χ1n) is 6.05. The van der Waals surface area contributed by atoms with E-state index < -0.39 is 10.0 Å². The van der Waals surface area contributed by atoms with E-state index in [1.807, 2.05) is 17.7 Å². The number of nitrogens with zero attached hydrogens (tertiary/aromatic N) is 2. The van der Waals surface area contributed by atoms with Crippen molar-refractivity contribution in [1.29, 1.82) is 0 Å². The molecule has 1 heterocycles. The number of sulfonamides is 1. The van der Waals surface area contributed by atoms with Crippen molar-refractivity contribution in [2.45, 2.75) is 4.90 Å². The monoisotopic (exact) mass is 287 g/mol. The van der Waals surface area contributed by atoms with Gasteiger partial charge >= 0.3 is 0 Å². The highest BCUT2D eigenvalue weighted by atomic mass is 32.2. The van der Waals surface area contributed by atoms with E-state index in [4.69, 9.17) is 0 Å². The zero-order valence-corrected chi connectivity index (χ0v) is 11.6. The molecular formula is C14H13N3O2S. The van der Waals surface area contributed by atoms with Crippen LogP contribution in [0.4, 0.5) is 5.69 Å². The van der Waals surface area contributed by atoms with Crippen molar-refractivity contribution in [3.63, 3.8) is 0 Å². The van der Waals surface area contributed by atoms with Gasteiger partial charge in [-0.05, 0) is 30.3 Å². The number of imidazole rings is 1. The van der Waals surface area contributed by atoms with Crippen LogP contribution in [0.1, 0.15) is 0 Å². The molecule has 0 saturated heterocycles. The maximum absolute atomic E-state index is 12.2. The lowest BCUT2D eigenvalue weighted by Crippen LogP contribution is -2.12. The second-order valence-electron chi connectivity index (χ2n) is 4.48. The Morgan fingerprint density at radius 1 is 1.10 bits per heavy atom. The molecular weight excluding hydrogens is 274 g/mol. The largest absolute Gasteiger partial charge is 0.334 e. The topological polar surface area (TPSA) is 64.0 Å². The summed E-state index contributed by atoms with van der Waals surface area (Å²) in [5.41, 5.74) is 2.20. The van der Waals surface area contributed by atoms with Gasteiger partial charge in [-0.25, -0.2) is 13.4 Å². The predicted molar refractivity (Wildman–Crippen MR) is 78.0 cm³/mol. The van der Waals surface area contributed by atoms with Gasteiger partial charge in [-0.1, -0.05) is 18.2 Å². The van der Waals surface area contributed by atoms with Gasteiger partial charge in [0.25, 0.3) is 10.0 Å². The van der Waals surface area contributed by atoms with Crippen LogP contribution in [0.5, 0.6) is 0 Å². The van der Waals surface area contributed by atoms with E-state index in [-0.39, 0.29) is 4.90 Å². The van der Waals surface area contributed by atoms with Crippen LogP contribution in [0.15, 0.2) is 59.8 Å². The number of nitrogens with one attached hydrogen (secondary N) is 1. The summed E-state index contributed by atoms with van der Waals surface area (Å²) in [5.74, 6) is 0. The molecule has 1 N–H and O–H groups in total. The van der Waals surface area contributed by atoms with Crippen LogP contribution in [0.3, 0.4) is 0 Å². The Balaban J connectivity index is 1.97. The molecule has 5 nitrogen and oxygen atoms in total. The first-order chi connectivity index (χ1) is 9.56. The highest BCUT2D eigenvalue weighted by Gasteiger charge is 2.13. The number of hydrogen-bond donors (Lipinski definition) is 1. The van der Waals surface area contributed by atoms with Gasteiger partial charge in [-0.15, -0.1) is 0 Å². The third kappa shape index (κ3) is 2.25. The van der Waals surface area contributed by atoms with Crippen molar-refractivity contribution in [2.24, 2.45) is 7.05 Å². The molecule has 102 valence electrons. The molecule has 0 saturated carbocycles. The molecule has 6 heteroatoms. The summed E-state index contributed by atoms with van der Waals surface area (Å²) in [6.07, 6.45) is 1.69. The molecule has 0 fully saturated rings. The molecule has 0 amide bonds. The van der Waals surface area contributed by atoms with Crippen molar-refractivity contribution < 1.29 is 8.42 Å². The molecule has 0 unspecified atom stereocenters. The van der Waals surface area contributed by atoms with Gasteiger partial charge < -0.3 is 4.57 Å². The minimum atomic E-state index is -3.56. The maximum Gasteiger partial charge on any atom is 0.261 e. The summed E-state index contributed by atoms with van der Waals surface area (Å²) in [4.78, 5) is 4.45. The number of fused-ring (bicyclic) bond motifs is 1. The number of benzene rings is 2. The molecule has 0 aliphatic carbocycles. The zero-order chi connectivity index (χ0) is 14.2. The Kier molecular flexibility index (Phi) is 2.94. The molecule has 0 atom stereocenters. The molecule has 1 aromatic heterocycles. The van der Waals surface area contributed by atoms with Crippen molar-refractivity contribution in [3.8, 4) is 0 Å². The van der Waals surface area contributed by atoms with Crippen LogP contribution >= 0.6 is 0 Å². The summed E-state index contributed by atoms with van der Waals surface area (Å²) >= 11 is 0. The van der Waals surface area contributed by atoms with Gasteiger partial charge in [0.05, 0.1) is 27.9 Å². The normalized spacial score (nSPS) is 11.7. The van der Waals surface area contributed by atoms with Crippen molar-refractivity contribution in [1.82, 2.24) is 9.55 Å². The van der Waals surface area contributed by atoms with E-state index in [2.05, 4.69) is 9.71 Å². The summed E-state index contributed by atoms with van der Waals surface area (Å²) in [5, 5.41) is 0. The fourth-order valence-electron chi connectivity index (χ4n) is 2.01. The quantitative estimate of drug-likeness (QED) is 0.804. The van der Waals surface area contributed by atoms with Crippen molar-refractivity contribution in [2.75, 3.05) is 4.72 Å². The van der Waals surface area contributed by atoms with E-state index in [1.165, 1.54) is 0 Å². The molecule has 0 radical (unpaired) electrons. The Morgan fingerprint density at radius 3 is 2.60 bits per heavy atom. The molecule has 3 rings (SSSR count).